The largest absolute Gasteiger partial charge is 0.390 e. The first-order valence-electron chi connectivity index (χ1n) is 7.08. The van der Waals surface area contributed by atoms with E-state index >= 15 is 0 Å². The van der Waals surface area contributed by atoms with Gasteiger partial charge in [0.2, 0.25) is 0 Å². The first kappa shape index (κ1) is 11.1. The van der Waals surface area contributed by atoms with Gasteiger partial charge in [-0.1, -0.05) is 27.2 Å². The smallest absolute Gasteiger partial charge is 0.0650 e. The van der Waals surface area contributed by atoms with E-state index in [0.717, 1.165) is 30.1 Å². The Kier molecular flexibility index (Phi) is 2.11. The van der Waals surface area contributed by atoms with Crippen molar-refractivity contribution >= 4 is 0 Å². The van der Waals surface area contributed by atoms with E-state index in [1.165, 1.54) is 19.3 Å². The van der Waals surface area contributed by atoms with Crippen LogP contribution < -0.4 is 0 Å². The zero-order chi connectivity index (χ0) is 11.7. The van der Waals surface area contributed by atoms with Crippen LogP contribution in [0.1, 0.15) is 53.4 Å². The summed E-state index contributed by atoms with van der Waals surface area (Å²) in [5.41, 5.74) is 0.191. The quantitative estimate of drug-likeness (QED) is 0.665. The monoisotopic (exact) mass is 222 g/mol. The second kappa shape index (κ2) is 3.04. The molecule has 92 valence electrons. The Balaban J connectivity index is 1.94. The van der Waals surface area contributed by atoms with Crippen LogP contribution in [-0.2, 0) is 0 Å². The van der Waals surface area contributed by atoms with Crippen LogP contribution in [0.3, 0.4) is 0 Å². The Labute approximate surface area is 99.6 Å². The summed E-state index contributed by atoms with van der Waals surface area (Å²) >= 11 is 0. The van der Waals surface area contributed by atoms with Gasteiger partial charge in [0.15, 0.2) is 0 Å². The normalized spacial score (nSPS) is 58.7. The van der Waals surface area contributed by atoms with Gasteiger partial charge in [0.25, 0.3) is 0 Å². The van der Waals surface area contributed by atoms with Gasteiger partial charge in [0.05, 0.1) is 5.60 Å². The van der Waals surface area contributed by atoms with Gasteiger partial charge in [0.1, 0.15) is 0 Å². The lowest BCUT2D eigenvalue weighted by Crippen LogP contribution is -2.38. The fourth-order valence-electron chi connectivity index (χ4n) is 5.29. The molecule has 0 amide bonds. The van der Waals surface area contributed by atoms with E-state index in [2.05, 4.69) is 27.7 Å². The first-order chi connectivity index (χ1) is 7.36. The molecule has 3 rings (SSSR count). The zero-order valence-corrected chi connectivity index (χ0v) is 11.2. The van der Waals surface area contributed by atoms with Crippen LogP contribution in [0.15, 0.2) is 0 Å². The lowest BCUT2D eigenvalue weighted by molar-refractivity contribution is -0.0302. The summed E-state index contributed by atoms with van der Waals surface area (Å²) in [7, 11) is 0. The van der Waals surface area contributed by atoms with Gasteiger partial charge in [-0.15, -0.1) is 0 Å². The van der Waals surface area contributed by atoms with E-state index in [9.17, 15) is 5.11 Å². The molecule has 0 heterocycles. The number of hydrogen-bond acceptors (Lipinski definition) is 1. The fourth-order valence-corrected chi connectivity index (χ4v) is 5.29. The van der Waals surface area contributed by atoms with Crippen molar-refractivity contribution in [1.82, 2.24) is 0 Å². The highest BCUT2D eigenvalue weighted by atomic mass is 16.3. The summed E-state index contributed by atoms with van der Waals surface area (Å²) in [6.07, 6.45) is 4.89. The predicted molar refractivity (Wildman–Crippen MR) is 66.0 cm³/mol. The van der Waals surface area contributed by atoms with Crippen LogP contribution in [0.2, 0.25) is 0 Å². The number of fused-ring (bicyclic) bond motifs is 3. The Bertz CT molecular complexity index is 305. The minimum atomic E-state index is -0.376. The van der Waals surface area contributed by atoms with E-state index in [0.29, 0.717) is 11.3 Å². The number of hydrogen-bond donors (Lipinski definition) is 1. The van der Waals surface area contributed by atoms with Crippen LogP contribution in [0.25, 0.3) is 0 Å². The summed E-state index contributed by atoms with van der Waals surface area (Å²) in [5, 5.41) is 10.7. The molecule has 1 N–H and O–H groups in total. The molecule has 0 unspecified atom stereocenters. The Morgan fingerprint density at radius 2 is 1.69 bits per heavy atom. The van der Waals surface area contributed by atoms with E-state index in [1.54, 1.807) is 0 Å². The standard InChI is InChI=1S/C15H26O/c1-9-5-6-10-12(9)13-11(14(13,2)3)7-8-15(10,4)16/h9-13,16H,5-8H2,1-4H3/t9-,10+,11+,12+,13+,15-/m0/s1. The van der Waals surface area contributed by atoms with Gasteiger partial charge in [-0.05, 0) is 61.2 Å². The molecular formula is C15H26O. The molecule has 1 nitrogen and oxygen atoms in total. The molecule has 0 saturated heterocycles. The van der Waals surface area contributed by atoms with Gasteiger partial charge in [-0.25, -0.2) is 0 Å². The van der Waals surface area contributed by atoms with E-state index < -0.39 is 0 Å². The molecule has 0 aromatic carbocycles. The summed E-state index contributed by atoms with van der Waals surface area (Å²) < 4.78 is 0. The lowest BCUT2D eigenvalue weighted by Gasteiger charge is -2.35. The molecule has 0 radical (unpaired) electrons. The van der Waals surface area contributed by atoms with E-state index in [1.807, 2.05) is 0 Å². The van der Waals surface area contributed by atoms with Gasteiger partial charge in [-0.2, -0.15) is 0 Å². The van der Waals surface area contributed by atoms with Gasteiger partial charge < -0.3 is 5.11 Å². The van der Waals surface area contributed by atoms with Crippen molar-refractivity contribution in [2.24, 2.45) is 35.0 Å². The zero-order valence-electron chi connectivity index (χ0n) is 11.2. The molecule has 3 aliphatic rings. The molecule has 3 saturated carbocycles. The van der Waals surface area contributed by atoms with Crippen molar-refractivity contribution in [3.05, 3.63) is 0 Å². The van der Waals surface area contributed by atoms with Crippen molar-refractivity contribution in [2.75, 3.05) is 0 Å². The van der Waals surface area contributed by atoms with Crippen LogP contribution in [0.5, 0.6) is 0 Å². The van der Waals surface area contributed by atoms with Crippen LogP contribution >= 0.6 is 0 Å². The Morgan fingerprint density at radius 1 is 1.00 bits per heavy atom. The molecule has 3 aliphatic carbocycles. The van der Waals surface area contributed by atoms with E-state index in [4.69, 9.17) is 0 Å². The average molecular weight is 222 g/mol. The molecule has 0 bridgehead atoms. The topological polar surface area (TPSA) is 20.2 Å². The SMILES string of the molecule is C[C@H]1CC[C@@H]2[C@@H]1[C@H]1[C@@H](CC[C@]2(C)O)C1(C)C. The molecule has 0 aliphatic heterocycles. The number of rotatable bonds is 0. The molecule has 3 fully saturated rings. The lowest BCUT2D eigenvalue weighted by atomic mass is 9.74. The third kappa shape index (κ3) is 1.27. The Hall–Kier alpha value is -0.0400. The summed E-state index contributed by atoms with van der Waals surface area (Å²) in [4.78, 5) is 0. The minimum Gasteiger partial charge on any atom is -0.390 e. The second-order valence-corrected chi connectivity index (χ2v) is 7.59. The molecule has 0 aromatic rings. The second-order valence-electron chi connectivity index (χ2n) is 7.59. The minimum absolute atomic E-state index is 0.376. The van der Waals surface area contributed by atoms with Gasteiger partial charge in [0, 0.05) is 0 Å². The Morgan fingerprint density at radius 3 is 2.38 bits per heavy atom. The fraction of sp³-hybridized carbons (Fsp3) is 1.00. The summed E-state index contributed by atoms with van der Waals surface area (Å²) in [6, 6.07) is 0. The van der Waals surface area contributed by atoms with Gasteiger partial charge >= 0.3 is 0 Å². The van der Waals surface area contributed by atoms with Crippen molar-refractivity contribution < 1.29 is 5.11 Å². The average Bonchev–Trinajstić information content (AvgIpc) is 2.51. The predicted octanol–water partition coefficient (Wildman–Crippen LogP) is 3.47. The molecular weight excluding hydrogens is 196 g/mol. The summed E-state index contributed by atoms with van der Waals surface area (Å²) in [5.74, 6) is 4.03. The maximum atomic E-state index is 10.7. The highest BCUT2D eigenvalue weighted by Gasteiger charge is 2.66. The number of aliphatic hydroxyl groups is 1. The van der Waals surface area contributed by atoms with Crippen LogP contribution in [0.4, 0.5) is 0 Å². The van der Waals surface area contributed by atoms with Crippen molar-refractivity contribution in [3.8, 4) is 0 Å². The molecule has 1 heteroatoms. The van der Waals surface area contributed by atoms with E-state index in [-0.39, 0.29) is 5.60 Å². The third-order valence-corrected chi connectivity index (χ3v) is 6.37. The molecule has 6 atom stereocenters. The maximum Gasteiger partial charge on any atom is 0.0650 e. The first-order valence-corrected chi connectivity index (χ1v) is 7.08. The highest BCUT2D eigenvalue weighted by Crippen LogP contribution is 2.71. The molecule has 0 spiro atoms. The summed E-state index contributed by atoms with van der Waals surface area (Å²) in [6.45, 7) is 9.41. The van der Waals surface area contributed by atoms with Crippen molar-refractivity contribution in [2.45, 2.75) is 59.0 Å². The van der Waals surface area contributed by atoms with Crippen molar-refractivity contribution in [1.29, 1.82) is 0 Å². The highest BCUT2D eigenvalue weighted by molar-refractivity contribution is 5.14. The molecule has 16 heavy (non-hydrogen) atoms. The third-order valence-electron chi connectivity index (χ3n) is 6.37. The molecule has 0 aromatic heterocycles. The van der Waals surface area contributed by atoms with Crippen molar-refractivity contribution in [3.63, 3.8) is 0 Å². The van der Waals surface area contributed by atoms with Crippen LogP contribution in [0, 0.1) is 35.0 Å². The van der Waals surface area contributed by atoms with Crippen LogP contribution in [-0.4, -0.2) is 10.7 Å². The van der Waals surface area contributed by atoms with Gasteiger partial charge in [-0.3, -0.25) is 0 Å². The maximum absolute atomic E-state index is 10.7.